The zero-order chi connectivity index (χ0) is 25.3. The van der Waals surface area contributed by atoms with Gasteiger partial charge in [0.1, 0.15) is 11.6 Å². The predicted molar refractivity (Wildman–Crippen MR) is 130 cm³/mol. The summed E-state index contributed by atoms with van der Waals surface area (Å²) in [6, 6.07) is -0.494. The molecule has 2 fully saturated rings. The molecule has 0 bridgehead atoms. The third-order valence-electron chi connectivity index (χ3n) is 6.44. The van der Waals surface area contributed by atoms with Crippen molar-refractivity contribution in [1.82, 2.24) is 20.2 Å². The minimum absolute atomic E-state index is 0.118. The molecule has 1 aromatic rings. The quantitative estimate of drug-likeness (QED) is 0.623. The molecule has 0 saturated carbocycles. The number of amides is 2. The maximum absolute atomic E-state index is 12.7. The Labute approximate surface area is 202 Å². The minimum atomic E-state index is -0.648. The summed E-state index contributed by atoms with van der Waals surface area (Å²) < 4.78 is 17.3. The Hall–Kier alpha value is -2.40. The van der Waals surface area contributed by atoms with Crippen molar-refractivity contribution in [3.05, 3.63) is 12.4 Å². The first kappa shape index (κ1) is 26.2. The highest BCUT2D eigenvalue weighted by Crippen LogP contribution is 2.36. The van der Waals surface area contributed by atoms with Gasteiger partial charge in [0.05, 0.1) is 11.2 Å². The van der Waals surface area contributed by atoms with Crippen LogP contribution in [0.2, 0.25) is 0 Å². The summed E-state index contributed by atoms with van der Waals surface area (Å²) in [5.74, 6) is 0.414. The summed E-state index contributed by atoms with van der Waals surface area (Å²) in [5, 5.41) is 5.96. The fourth-order valence-corrected chi connectivity index (χ4v) is 3.76. The van der Waals surface area contributed by atoms with Gasteiger partial charge in [-0.05, 0) is 68.2 Å². The highest BCUT2D eigenvalue weighted by atomic mass is 16.7. The molecule has 2 aliphatic rings. The summed E-state index contributed by atoms with van der Waals surface area (Å²) in [4.78, 5) is 35.3. The first-order valence-corrected chi connectivity index (χ1v) is 11.9. The number of likely N-dealkylation sites (tertiary alicyclic amines) is 1. The molecular weight excluding hydrogens is 437 g/mol. The number of carbonyl (C=O) groups is 2. The van der Waals surface area contributed by atoms with Crippen molar-refractivity contribution in [2.75, 3.05) is 18.4 Å². The molecule has 1 aromatic heterocycles. The first-order valence-electron chi connectivity index (χ1n) is 11.9. The van der Waals surface area contributed by atoms with Gasteiger partial charge in [0.25, 0.3) is 0 Å². The van der Waals surface area contributed by atoms with Crippen LogP contribution in [-0.4, -0.2) is 76.0 Å². The summed E-state index contributed by atoms with van der Waals surface area (Å²) in [7, 11) is -0.496. The van der Waals surface area contributed by atoms with Crippen LogP contribution in [0.25, 0.3) is 0 Å². The van der Waals surface area contributed by atoms with E-state index in [-0.39, 0.29) is 11.9 Å². The first-order chi connectivity index (χ1) is 15.7. The van der Waals surface area contributed by atoms with E-state index in [0.717, 1.165) is 18.3 Å². The Balaban J connectivity index is 1.46. The van der Waals surface area contributed by atoms with Crippen molar-refractivity contribution < 1.29 is 23.6 Å². The van der Waals surface area contributed by atoms with Crippen molar-refractivity contribution in [3.63, 3.8) is 0 Å². The number of ether oxygens (including phenoxy) is 1. The lowest BCUT2D eigenvalue weighted by Crippen LogP contribution is -2.51. The maximum atomic E-state index is 12.7. The molecule has 0 spiro atoms. The van der Waals surface area contributed by atoms with E-state index in [1.54, 1.807) is 45.0 Å². The smallest absolute Gasteiger partial charge is 0.444 e. The van der Waals surface area contributed by atoms with Gasteiger partial charge in [-0.15, -0.1) is 0 Å². The van der Waals surface area contributed by atoms with Crippen LogP contribution >= 0.6 is 0 Å². The molecule has 10 nitrogen and oxygen atoms in total. The third kappa shape index (κ3) is 6.38. The van der Waals surface area contributed by atoms with Gasteiger partial charge in [-0.3, -0.25) is 4.79 Å². The molecule has 0 radical (unpaired) electrons. The van der Waals surface area contributed by atoms with Crippen LogP contribution in [0.4, 0.5) is 10.7 Å². The van der Waals surface area contributed by atoms with E-state index in [2.05, 4.69) is 20.6 Å². The summed E-state index contributed by atoms with van der Waals surface area (Å²) in [5.41, 5.74) is -0.669. The molecule has 34 heavy (non-hydrogen) atoms. The molecule has 11 heteroatoms. The number of aromatic nitrogens is 2. The van der Waals surface area contributed by atoms with Gasteiger partial charge in [0.2, 0.25) is 11.9 Å². The lowest BCUT2D eigenvalue weighted by atomic mass is 9.81. The number of piperidine rings is 1. The Kier molecular flexibility index (Phi) is 7.47. The van der Waals surface area contributed by atoms with Gasteiger partial charge in [0.15, 0.2) is 0 Å². The van der Waals surface area contributed by atoms with Crippen LogP contribution < -0.4 is 16.1 Å². The van der Waals surface area contributed by atoms with Crippen molar-refractivity contribution >= 4 is 30.5 Å². The van der Waals surface area contributed by atoms with Gasteiger partial charge < -0.3 is 29.6 Å². The van der Waals surface area contributed by atoms with E-state index >= 15 is 0 Å². The zero-order valence-corrected chi connectivity index (χ0v) is 21.6. The second-order valence-electron chi connectivity index (χ2n) is 11.0. The molecule has 2 aliphatic heterocycles. The van der Waals surface area contributed by atoms with E-state index in [9.17, 15) is 9.59 Å². The molecule has 0 aromatic carbocycles. The SMILES string of the molecule is C[C@H](NC(=O)OC(C)(C)C)C(=O)N1CCC(Nc2ncc(B3OC(C)(C)C(C)(C)O3)cn2)CC1. The van der Waals surface area contributed by atoms with Crippen LogP contribution in [0.15, 0.2) is 12.4 Å². The topological polar surface area (TPSA) is 115 Å². The minimum Gasteiger partial charge on any atom is -0.444 e. The Morgan fingerprint density at radius 1 is 1.12 bits per heavy atom. The largest absolute Gasteiger partial charge is 0.498 e. The molecule has 3 heterocycles. The number of nitrogens with one attached hydrogen (secondary N) is 2. The number of carbonyl (C=O) groups excluding carboxylic acids is 2. The van der Waals surface area contributed by atoms with E-state index < -0.39 is 36.1 Å². The van der Waals surface area contributed by atoms with Crippen molar-refractivity contribution in [2.45, 2.75) is 97.1 Å². The maximum Gasteiger partial charge on any atom is 0.498 e. The highest BCUT2D eigenvalue weighted by Gasteiger charge is 2.52. The third-order valence-corrected chi connectivity index (χ3v) is 6.44. The number of anilines is 1. The average Bonchev–Trinajstić information content (AvgIpc) is 2.94. The molecular formula is C23H38BN5O5. The van der Waals surface area contributed by atoms with E-state index in [4.69, 9.17) is 14.0 Å². The highest BCUT2D eigenvalue weighted by molar-refractivity contribution is 6.61. The van der Waals surface area contributed by atoms with Crippen molar-refractivity contribution in [3.8, 4) is 0 Å². The van der Waals surface area contributed by atoms with Gasteiger partial charge in [-0.2, -0.15) is 0 Å². The fourth-order valence-electron chi connectivity index (χ4n) is 3.76. The van der Waals surface area contributed by atoms with Crippen molar-refractivity contribution in [2.24, 2.45) is 0 Å². The molecule has 1 atom stereocenters. The number of alkyl carbamates (subject to hydrolysis) is 1. The average molecular weight is 475 g/mol. The number of nitrogens with zero attached hydrogens (tertiary/aromatic N) is 3. The molecule has 0 aliphatic carbocycles. The van der Waals surface area contributed by atoms with Gasteiger partial charge in [-0.25, -0.2) is 14.8 Å². The molecule has 0 unspecified atom stereocenters. The van der Waals surface area contributed by atoms with Crippen LogP contribution in [0.3, 0.4) is 0 Å². The van der Waals surface area contributed by atoms with E-state index in [0.29, 0.717) is 19.0 Å². The summed E-state index contributed by atoms with van der Waals surface area (Å²) in [6.45, 7) is 16.2. The van der Waals surface area contributed by atoms with Gasteiger partial charge in [0, 0.05) is 37.0 Å². The number of hydrogen-bond acceptors (Lipinski definition) is 8. The predicted octanol–water partition coefficient (Wildman–Crippen LogP) is 2.09. The molecule has 2 amide bonds. The lowest BCUT2D eigenvalue weighted by molar-refractivity contribution is -0.134. The van der Waals surface area contributed by atoms with Crippen LogP contribution in [0, 0.1) is 0 Å². The molecule has 188 valence electrons. The molecule has 3 rings (SSSR count). The standard InChI is InChI=1S/C23H38BN5O5/c1-15(27-20(31)32-21(2,3)4)18(30)29-11-9-17(10-12-29)28-19-25-13-16(14-26-19)24-33-22(5,6)23(7,8)34-24/h13-15,17H,9-12H2,1-8H3,(H,27,31)(H,25,26,28)/t15-/m0/s1. The second kappa shape index (κ2) is 9.69. The second-order valence-corrected chi connectivity index (χ2v) is 11.0. The van der Waals surface area contributed by atoms with E-state index in [1.807, 2.05) is 27.7 Å². The van der Waals surface area contributed by atoms with E-state index in [1.165, 1.54) is 0 Å². The van der Waals surface area contributed by atoms with Crippen LogP contribution in [0.5, 0.6) is 0 Å². The number of hydrogen-bond donors (Lipinski definition) is 2. The van der Waals surface area contributed by atoms with Crippen LogP contribution in [-0.2, 0) is 18.8 Å². The zero-order valence-electron chi connectivity index (χ0n) is 21.6. The Morgan fingerprint density at radius 2 is 1.65 bits per heavy atom. The molecule has 2 saturated heterocycles. The lowest BCUT2D eigenvalue weighted by Gasteiger charge is -2.34. The Bertz CT molecular complexity index is 863. The van der Waals surface area contributed by atoms with Gasteiger partial charge >= 0.3 is 13.2 Å². The summed E-state index contributed by atoms with van der Waals surface area (Å²) >= 11 is 0. The Morgan fingerprint density at radius 3 is 2.15 bits per heavy atom. The fraction of sp³-hybridized carbons (Fsp3) is 0.739. The monoisotopic (exact) mass is 475 g/mol. The van der Waals surface area contributed by atoms with Gasteiger partial charge in [-0.1, -0.05) is 0 Å². The molecule has 2 N–H and O–H groups in total. The number of rotatable bonds is 5. The van der Waals surface area contributed by atoms with Crippen LogP contribution in [0.1, 0.15) is 68.2 Å². The normalized spacial score (nSPS) is 21.2. The summed E-state index contributed by atoms with van der Waals surface area (Å²) in [6.07, 6.45) is 4.37. The van der Waals surface area contributed by atoms with Crippen molar-refractivity contribution in [1.29, 1.82) is 0 Å².